The van der Waals surface area contributed by atoms with Gasteiger partial charge in [-0.05, 0) is 55.9 Å². The van der Waals surface area contributed by atoms with E-state index >= 15 is 0 Å². The van der Waals surface area contributed by atoms with E-state index in [0.717, 1.165) is 40.7 Å². The van der Waals surface area contributed by atoms with Crippen molar-refractivity contribution in [2.24, 2.45) is 0 Å². The summed E-state index contributed by atoms with van der Waals surface area (Å²) in [4.78, 5) is 12.4. The molecule has 0 amide bonds. The Morgan fingerprint density at radius 2 is 1.63 bits per heavy atom. The zero-order valence-corrected chi connectivity index (χ0v) is 23.3. The van der Waals surface area contributed by atoms with Crippen LogP contribution in [0.15, 0.2) is 89.6 Å². The predicted octanol–water partition coefficient (Wildman–Crippen LogP) is 6.19. The van der Waals surface area contributed by atoms with Crippen molar-refractivity contribution >= 4 is 5.97 Å². The van der Waals surface area contributed by atoms with Crippen molar-refractivity contribution in [3.05, 3.63) is 113 Å². The third kappa shape index (κ3) is 4.95. The number of hydrogen-bond acceptors (Lipinski definition) is 7. The number of carbonyl (C=O) groups is 1. The number of ether oxygens (including phenoxy) is 1. The standard InChI is InChI=1S/C33H32N4O4/c1-4-40-32(39)33(18-19-33)27-16-14-25(15-17-27)24-10-12-26(13-11-24)31-29(21(2)35-41-31)30(38)28-20-37(36-34-28)22(3)23-8-6-5-7-9-23/h5-17,20,22,30,38H,4,18-19H2,1-3H3/t22-,30+/m1/s1. The van der Waals surface area contributed by atoms with E-state index < -0.39 is 11.5 Å². The summed E-state index contributed by atoms with van der Waals surface area (Å²) in [6, 6.07) is 26.0. The van der Waals surface area contributed by atoms with Gasteiger partial charge in [0.25, 0.3) is 0 Å². The van der Waals surface area contributed by atoms with Crippen LogP contribution < -0.4 is 0 Å². The average Bonchev–Trinajstić information content (AvgIpc) is 3.51. The van der Waals surface area contributed by atoms with Gasteiger partial charge in [0.1, 0.15) is 11.8 Å². The van der Waals surface area contributed by atoms with Crippen LogP contribution in [0.25, 0.3) is 22.5 Å². The van der Waals surface area contributed by atoms with Crippen molar-refractivity contribution in [1.82, 2.24) is 20.2 Å². The molecule has 1 fully saturated rings. The number of aryl methyl sites for hydroxylation is 1. The van der Waals surface area contributed by atoms with Gasteiger partial charge in [-0.3, -0.25) is 4.79 Å². The van der Waals surface area contributed by atoms with E-state index in [1.165, 1.54) is 0 Å². The van der Waals surface area contributed by atoms with Crippen molar-refractivity contribution in [3.63, 3.8) is 0 Å². The van der Waals surface area contributed by atoms with Gasteiger partial charge in [0.2, 0.25) is 0 Å². The second-order valence-corrected chi connectivity index (χ2v) is 10.6. The minimum absolute atomic E-state index is 0.0331. The summed E-state index contributed by atoms with van der Waals surface area (Å²) in [7, 11) is 0. The Labute approximate surface area is 238 Å². The molecule has 0 saturated heterocycles. The molecule has 3 aromatic carbocycles. The molecule has 8 heteroatoms. The highest BCUT2D eigenvalue weighted by atomic mass is 16.5. The number of benzene rings is 3. The van der Waals surface area contributed by atoms with Crippen molar-refractivity contribution in [1.29, 1.82) is 0 Å². The number of aliphatic hydroxyl groups excluding tert-OH is 1. The van der Waals surface area contributed by atoms with Gasteiger partial charge in [0.15, 0.2) is 5.76 Å². The van der Waals surface area contributed by atoms with Crippen LogP contribution in [0.2, 0.25) is 0 Å². The van der Waals surface area contributed by atoms with Crippen LogP contribution in [0.4, 0.5) is 0 Å². The summed E-state index contributed by atoms with van der Waals surface area (Å²) < 4.78 is 12.7. The predicted molar refractivity (Wildman–Crippen MR) is 154 cm³/mol. The molecular weight excluding hydrogens is 516 g/mol. The van der Waals surface area contributed by atoms with Crippen LogP contribution >= 0.6 is 0 Å². The van der Waals surface area contributed by atoms with Gasteiger partial charge in [-0.2, -0.15) is 0 Å². The number of aromatic nitrogens is 4. The maximum Gasteiger partial charge on any atom is 0.316 e. The van der Waals surface area contributed by atoms with Crippen molar-refractivity contribution in [2.45, 2.75) is 51.2 Å². The van der Waals surface area contributed by atoms with Crippen molar-refractivity contribution in [3.8, 4) is 22.5 Å². The Morgan fingerprint density at radius 1 is 1.00 bits per heavy atom. The molecule has 0 aliphatic heterocycles. The van der Waals surface area contributed by atoms with E-state index in [4.69, 9.17) is 9.26 Å². The van der Waals surface area contributed by atoms with E-state index in [2.05, 4.69) is 15.5 Å². The van der Waals surface area contributed by atoms with Gasteiger partial charge in [-0.1, -0.05) is 89.2 Å². The van der Waals surface area contributed by atoms with Gasteiger partial charge >= 0.3 is 5.97 Å². The fourth-order valence-electron chi connectivity index (χ4n) is 5.34. The highest BCUT2D eigenvalue weighted by Crippen LogP contribution is 2.49. The monoisotopic (exact) mass is 548 g/mol. The molecule has 5 aromatic rings. The van der Waals surface area contributed by atoms with E-state index in [-0.39, 0.29) is 12.0 Å². The largest absolute Gasteiger partial charge is 0.465 e. The number of hydrogen-bond donors (Lipinski definition) is 1. The normalized spacial score (nSPS) is 15.3. The molecular formula is C33H32N4O4. The molecule has 1 aliphatic rings. The lowest BCUT2D eigenvalue weighted by atomic mass is 9.93. The molecule has 1 saturated carbocycles. The molecule has 208 valence electrons. The number of aliphatic hydroxyl groups is 1. The van der Waals surface area contributed by atoms with Crippen LogP contribution in [-0.2, 0) is 14.9 Å². The summed E-state index contributed by atoms with van der Waals surface area (Å²) >= 11 is 0. The minimum atomic E-state index is -1.05. The quantitative estimate of drug-likeness (QED) is 0.219. The summed E-state index contributed by atoms with van der Waals surface area (Å²) in [6.45, 7) is 6.07. The minimum Gasteiger partial charge on any atom is -0.465 e. The molecule has 0 unspecified atom stereocenters. The first-order valence-electron chi connectivity index (χ1n) is 13.9. The SMILES string of the molecule is CCOC(=O)C1(c2ccc(-c3ccc(-c4onc(C)c4[C@@H](O)c4cn([C@H](C)c5ccccc5)nn4)cc3)cc2)CC1. The summed E-state index contributed by atoms with van der Waals surface area (Å²) in [5, 5.41) is 24.0. The van der Waals surface area contributed by atoms with E-state index in [9.17, 15) is 9.90 Å². The Hall–Kier alpha value is -4.56. The molecule has 2 heterocycles. The lowest BCUT2D eigenvalue weighted by Crippen LogP contribution is -2.23. The first-order chi connectivity index (χ1) is 19.9. The molecule has 6 rings (SSSR count). The van der Waals surface area contributed by atoms with Crippen molar-refractivity contribution in [2.75, 3.05) is 6.61 Å². The third-order valence-corrected chi connectivity index (χ3v) is 8.00. The van der Waals surface area contributed by atoms with Gasteiger partial charge < -0.3 is 14.4 Å². The second kappa shape index (κ2) is 10.8. The second-order valence-electron chi connectivity index (χ2n) is 10.6. The number of carbonyl (C=O) groups excluding carboxylic acids is 1. The molecule has 41 heavy (non-hydrogen) atoms. The number of rotatable bonds is 9. The molecule has 1 aliphatic carbocycles. The van der Waals surface area contributed by atoms with Gasteiger partial charge in [-0.15, -0.1) is 5.10 Å². The third-order valence-electron chi connectivity index (χ3n) is 8.00. The Kier molecular flexibility index (Phi) is 7.01. The van der Waals surface area contributed by atoms with Crippen LogP contribution in [0.3, 0.4) is 0 Å². The zero-order chi connectivity index (χ0) is 28.6. The van der Waals surface area contributed by atoms with E-state index in [1.807, 2.05) is 92.7 Å². The molecule has 2 aromatic heterocycles. The zero-order valence-electron chi connectivity index (χ0n) is 23.3. The summed E-state index contributed by atoms with van der Waals surface area (Å²) in [5.74, 6) is 0.360. The molecule has 2 atom stereocenters. The van der Waals surface area contributed by atoms with Crippen LogP contribution in [0.5, 0.6) is 0 Å². The fourth-order valence-corrected chi connectivity index (χ4v) is 5.34. The lowest BCUT2D eigenvalue weighted by Gasteiger charge is -2.14. The first kappa shape index (κ1) is 26.7. The number of nitrogens with zero attached hydrogens (tertiary/aromatic N) is 4. The number of esters is 1. The molecule has 8 nitrogen and oxygen atoms in total. The van der Waals surface area contributed by atoms with Crippen LogP contribution in [0, 0.1) is 6.92 Å². The summed E-state index contributed by atoms with van der Waals surface area (Å²) in [5.41, 5.74) is 6.06. The first-order valence-corrected chi connectivity index (χ1v) is 13.9. The van der Waals surface area contributed by atoms with Crippen LogP contribution in [0.1, 0.15) is 66.9 Å². The topological polar surface area (TPSA) is 103 Å². The highest BCUT2D eigenvalue weighted by molar-refractivity contribution is 5.87. The van der Waals surface area contributed by atoms with Gasteiger partial charge in [0, 0.05) is 5.56 Å². The molecule has 0 bridgehead atoms. The molecule has 1 N–H and O–H groups in total. The van der Waals surface area contributed by atoms with Gasteiger partial charge in [0.05, 0.1) is 35.5 Å². The maximum atomic E-state index is 12.4. The maximum absolute atomic E-state index is 12.4. The fraction of sp³-hybridized carbons (Fsp3) is 0.273. The smallest absolute Gasteiger partial charge is 0.316 e. The Balaban J connectivity index is 1.21. The Bertz CT molecular complexity index is 1650. The lowest BCUT2D eigenvalue weighted by molar-refractivity contribution is -0.146. The van der Waals surface area contributed by atoms with E-state index in [1.54, 1.807) is 17.8 Å². The molecule has 0 spiro atoms. The Morgan fingerprint density at radius 3 is 2.27 bits per heavy atom. The van der Waals surface area contributed by atoms with E-state index in [0.29, 0.717) is 29.3 Å². The van der Waals surface area contributed by atoms with Crippen LogP contribution in [-0.4, -0.2) is 37.8 Å². The van der Waals surface area contributed by atoms with Gasteiger partial charge in [-0.25, -0.2) is 4.68 Å². The molecule has 0 radical (unpaired) electrons. The highest BCUT2D eigenvalue weighted by Gasteiger charge is 2.52. The average molecular weight is 549 g/mol. The summed E-state index contributed by atoms with van der Waals surface area (Å²) in [6.07, 6.45) is 2.37. The van der Waals surface area contributed by atoms with Crippen molar-refractivity contribution < 1.29 is 19.2 Å².